The van der Waals surface area contributed by atoms with E-state index in [1.165, 1.54) is 82.0 Å². The molecule has 0 aromatic rings. The van der Waals surface area contributed by atoms with Crippen molar-refractivity contribution in [1.82, 2.24) is 0 Å². The number of nitrogens with zero attached hydrogens (tertiary/aromatic N) is 1. The van der Waals surface area contributed by atoms with E-state index in [1.807, 2.05) is 0 Å². The Morgan fingerprint density at radius 3 is 0.950 bits per heavy atom. The van der Waals surface area contributed by atoms with Crippen LogP contribution in [-0.4, -0.2) is 46.3 Å². The van der Waals surface area contributed by atoms with Crippen LogP contribution in [0, 0.1) is 0 Å². The van der Waals surface area contributed by atoms with Gasteiger partial charge in [0.05, 0.1) is 26.2 Å². The van der Waals surface area contributed by atoms with Crippen molar-refractivity contribution in [1.29, 1.82) is 0 Å². The Labute approximate surface area is 159 Å². The summed E-state index contributed by atoms with van der Waals surface area (Å²) in [7, 11) is 0. The molecule has 0 aliphatic rings. The van der Waals surface area contributed by atoms with Crippen molar-refractivity contribution in [2.75, 3.05) is 26.2 Å². The van der Waals surface area contributed by atoms with E-state index in [1.54, 1.807) is 0 Å². The molecule has 1 nitrogen and oxygen atoms in total. The molecule has 0 aliphatic heterocycles. The van der Waals surface area contributed by atoms with Crippen molar-refractivity contribution in [2.45, 2.75) is 79.1 Å². The first-order valence-corrected chi connectivity index (χ1v) is 30.3. The van der Waals surface area contributed by atoms with E-state index in [2.05, 4.69) is 63.2 Å². The summed E-state index contributed by atoms with van der Waals surface area (Å²) in [5.41, 5.74) is 0. The average molecular weight is 703 g/mol. The van der Waals surface area contributed by atoms with Crippen molar-refractivity contribution in [3.8, 4) is 0 Å². The van der Waals surface area contributed by atoms with Gasteiger partial charge >= 0.3 is 51.2 Å². The Hall–Kier alpha value is 2.34. The second-order valence-electron chi connectivity index (χ2n) is 5.72. The fraction of sp³-hybridized carbons (Fsp3) is 1.00. The predicted octanol–water partition coefficient (Wildman–Crippen LogP) is 6.39. The molecular formula is C16H36I2NPb+. The second-order valence-corrected chi connectivity index (χ2v) is 33.9. The van der Waals surface area contributed by atoms with E-state index in [9.17, 15) is 0 Å². The van der Waals surface area contributed by atoms with Gasteiger partial charge in [0, 0.05) is 0 Å². The summed E-state index contributed by atoms with van der Waals surface area (Å²) in [5, 5.41) is 0. The van der Waals surface area contributed by atoms with Crippen LogP contribution in [0.4, 0.5) is 0 Å². The van der Waals surface area contributed by atoms with Crippen molar-refractivity contribution in [3.63, 3.8) is 0 Å². The molecule has 0 spiro atoms. The van der Waals surface area contributed by atoms with Crippen molar-refractivity contribution in [2.24, 2.45) is 0 Å². The standard InChI is InChI=1S/C16H36N.2HI.Pb/c1-5-9-13-17(14-10-6-2,15-11-7-3)16-12-8-4;;;/h5-16H2,1-4H3;2*1H;/q+1;;;+2/p-2. The normalized spacial score (nSPS) is 11.1. The van der Waals surface area contributed by atoms with E-state index in [0.717, 1.165) is 0 Å². The Bertz CT molecular complexity index is 142. The van der Waals surface area contributed by atoms with Crippen molar-refractivity contribution < 1.29 is 4.48 Å². The molecule has 0 unspecified atom stereocenters. The summed E-state index contributed by atoms with van der Waals surface area (Å²) in [6, 6.07) is 0. The van der Waals surface area contributed by atoms with Gasteiger partial charge in [-0.1, -0.05) is 53.4 Å². The van der Waals surface area contributed by atoms with Gasteiger partial charge in [-0.05, 0) is 25.7 Å². The fourth-order valence-corrected chi connectivity index (χ4v) is 2.64. The van der Waals surface area contributed by atoms with Gasteiger partial charge in [0.25, 0.3) is 0 Å². The Morgan fingerprint density at radius 2 is 0.800 bits per heavy atom. The van der Waals surface area contributed by atoms with E-state index >= 15 is 0 Å². The second kappa shape index (κ2) is 19.4. The fourth-order valence-electron chi connectivity index (χ4n) is 2.64. The van der Waals surface area contributed by atoms with E-state index in [0.29, 0.717) is 0 Å². The zero-order valence-corrected chi connectivity index (χ0v) is 22.4. The summed E-state index contributed by atoms with van der Waals surface area (Å²) in [6.45, 7) is 15.0. The number of unbranched alkanes of at least 4 members (excludes halogenated alkanes) is 4. The summed E-state index contributed by atoms with van der Waals surface area (Å²) in [4.78, 5) is 0. The van der Waals surface area contributed by atoms with Crippen LogP contribution in [0.15, 0.2) is 0 Å². The quantitative estimate of drug-likeness (QED) is 0.126. The molecule has 122 valence electrons. The Morgan fingerprint density at radius 1 is 0.600 bits per heavy atom. The molecule has 0 atom stereocenters. The predicted molar refractivity (Wildman–Crippen MR) is 113 cm³/mol. The molecule has 0 rings (SSSR count). The maximum atomic E-state index is 2.47. The van der Waals surface area contributed by atoms with Gasteiger partial charge < -0.3 is 4.48 Å². The molecular weight excluding hydrogens is 667 g/mol. The first-order chi connectivity index (χ1) is 9.66. The molecule has 0 amide bonds. The van der Waals surface area contributed by atoms with Crippen LogP contribution in [-0.2, 0) is 0 Å². The number of hydrogen-bond acceptors (Lipinski definition) is 0. The zero-order valence-electron chi connectivity index (χ0n) is 14.2. The number of quaternary nitrogens is 1. The van der Waals surface area contributed by atoms with Gasteiger partial charge in [-0.3, -0.25) is 0 Å². The molecule has 0 bridgehead atoms. The molecule has 0 N–H and O–H groups in total. The molecule has 4 heteroatoms. The number of hydrogen-bond donors (Lipinski definition) is 0. The van der Waals surface area contributed by atoms with Gasteiger partial charge in [0.15, 0.2) is 0 Å². The van der Waals surface area contributed by atoms with Crippen LogP contribution in [0.5, 0.6) is 0 Å². The van der Waals surface area contributed by atoms with Crippen LogP contribution in [0.25, 0.3) is 0 Å². The Kier molecular flexibility index (Phi) is 23.8. The monoisotopic (exact) mass is 704 g/mol. The minimum atomic E-state index is 0.0233. The van der Waals surface area contributed by atoms with Crippen LogP contribution in [0.2, 0.25) is 0 Å². The summed E-state index contributed by atoms with van der Waals surface area (Å²) in [5.74, 6) is 0. The third kappa shape index (κ3) is 15.2. The molecule has 20 heavy (non-hydrogen) atoms. The molecule has 2 radical (unpaired) electrons. The van der Waals surface area contributed by atoms with E-state index in [-0.39, 0.29) is 15.6 Å². The minimum absolute atomic E-state index is 0.0233. The van der Waals surface area contributed by atoms with E-state index < -0.39 is 0 Å². The van der Waals surface area contributed by atoms with Crippen LogP contribution in [0.1, 0.15) is 79.1 Å². The zero-order chi connectivity index (χ0) is 15.7. The van der Waals surface area contributed by atoms with Gasteiger partial charge in [0.1, 0.15) is 0 Å². The first-order valence-electron chi connectivity index (χ1n) is 8.47. The number of rotatable bonds is 12. The van der Waals surface area contributed by atoms with E-state index in [4.69, 9.17) is 0 Å². The molecule has 0 heterocycles. The molecule has 0 aromatic heterocycles. The van der Waals surface area contributed by atoms with Gasteiger partial charge in [-0.25, -0.2) is 0 Å². The van der Waals surface area contributed by atoms with Gasteiger partial charge in [0.2, 0.25) is 0 Å². The molecule has 0 saturated carbocycles. The topological polar surface area (TPSA) is 0 Å². The third-order valence-electron chi connectivity index (χ3n) is 3.94. The average Bonchev–Trinajstić information content (AvgIpc) is 2.46. The van der Waals surface area contributed by atoms with Crippen LogP contribution >= 0.6 is 35.5 Å². The summed E-state index contributed by atoms with van der Waals surface area (Å²) >= 11 is 4.96. The van der Waals surface area contributed by atoms with Gasteiger partial charge in [-0.2, -0.15) is 0 Å². The summed E-state index contributed by atoms with van der Waals surface area (Å²) < 4.78 is 1.42. The third-order valence-corrected chi connectivity index (χ3v) is 3.94. The maximum absolute atomic E-state index is 2.47. The molecule has 0 aliphatic carbocycles. The molecule has 0 fully saturated rings. The van der Waals surface area contributed by atoms with Gasteiger partial charge in [-0.15, -0.1) is 0 Å². The SMILES string of the molecule is CCCC[N+](CCCC)(CCCC)CCCC.[I][Pb][I]. The van der Waals surface area contributed by atoms with Crippen LogP contribution < -0.4 is 0 Å². The van der Waals surface area contributed by atoms with Crippen molar-refractivity contribution in [3.05, 3.63) is 0 Å². The first kappa shape index (κ1) is 24.6. The summed E-state index contributed by atoms with van der Waals surface area (Å²) in [6.07, 6.45) is 11.1. The van der Waals surface area contributed by atoms with Crippen LogP contribution in [0.3, 0.4) is 0 Å². The molecule has 0 saturated heterocycles. The number of halogens is 2. The Balaban J connectivity index is 0. The molecule has 0 aromatic carbocycles. The van der Waals surface area contributed by atoms with Crippen molar-refractivity contribution >= 4 is 51.2 Å².